The van der Waals surface area contributed by atoms with Gasteiger partial charge in [0.05, 0.1) is 17.7 Å². The number of benzene rings is 1. The molecular weight excluding hydrogens is 320 g/mol. The molecule has 130 valence electrons. The van der Waals surface area contributed by atoms with E-state index in [-0.39, 0.29) is 12.1 Å². The minimum absolute atomic E-state index is 0.0407. The molecule has 0 aliphatic heterocycles. The summed E-state index contributed by atoms with van der Waals surface area (Å²) in [6.07, 6.45) is 0. The number of carbonyl (C=O) groups is 1. The number of carbonyl (C=O) groups excluding carboxylic acids is 1. The number of nitrogens with one attached hydrogen (secondary N) is 1. The number of urea groups is 1. The van der Waals surface area contributed by atoms with Gasteiger partial charge in [-0.25, -0.2) is 9.78 Å². The zero-order chi connectivity index (χ0) is 17.5. The average molecular weight is 347 g/mol. The molecule has 1 heterocycles. The van der Waals surface area contributed by atoms with E-state index in [1.165, 1.54) is 0 Å². The number of aryl methyl sites for hydroxylation is 1. The van der Waals surface area contributed by atoms with Crippen LogP contribution in [-0.2, 0) is 13.1 Å². The lowest BCUT2D eigenvalue weighted by molar-refractivity contribution is 0.186. The Labute approximate surface area is 148 Å². The van der Waals surface area contributed by atoms with Crippen LogP contribution < -0.4 is 5.32 Å². The van der Waals surface area contributed by atoms with E-state index >= 15 is 0 Å². The molecule has 0 unspecified atom stereocenters. The van der Waals surface area contributed by atoms with Gasteiger partial charge in [-0.3, -0.25) is 0 Å². The van der Waals surface area contributed by atoms with E-state index in [4.69, 9.17) is 0 Å². The van der Waals surface area contributed by atoms with E-state index < -0.39 is 0 Å². The highest BCUT2D eigenvalue weighted by Gasteiger charge is 2.18. The highest BCUT2D eigenvalue weighted by Crippen LogP contribution is 2.17. The number of nitrogens with zero attached hydrogens (tertiary/aromatic N) is 3. The molecule has 0 spiro atoms. The first-order chi connectivity index (χ1) is 11.5. The molecular formula is C18H26N4OS. The summed E-state index contributed by atoms with van der Waals surface area (Å²) in [5, 5.41) is 3.09. The summed E-state index contributed by atoms with van der Waals surface area (Å²) in [5.41, 5.74) is 3.94. The Bertz CT molecular complexity index is 641. The van der Waals surface area contributed by atoms with Crippen LogP contribution in [0.3, 0.4) is 0 Å². The molecule has 5 nitrogen and oxygen atoms in total. The van der Waals surface area contributed by atoms with E-state index in [0.717, 1.165) is 22.7 Å². The van der Waals surface area contributed by atoms with Gasteiger partial charge in [0.15, 0.2) is 0 Å². The van der Waals surface area contributed by atoms with Crippen LogP contribution in [0.4, 0.5) is 4.79 Å². The third-order valence-electron chi connectivity index (χ3n) is 3.69. The highest BCUT2D eigenvalue weighted by molar-refractivity contribution is 7.09. The smallest absolute Gasteiger partial charge is 0.318 e. The van der Waals surface area contributed by atoms with Crippen molar-refractivity contribution in [3.63, 3.8) is 0 Å². The first-order valence-electron chi connectivity index (χ1n) is 8.08. The molecule has 2 amide bonds. The van der Waals surface area contributed by atoms with E-state index in [9.17, 15) is 4.79 Å². The molecule has 1 atom stereocenters. The van der Waals surface area contributed by atoms with Crippen molar-refractivity contribution < 1.29 is 4.79 Å². The molecule has 24 heavy (non-hydrogen) atoms. The Hall–Kier alpha value is -1.92. The number of thiazole rings is 1. The Morgan fingerprint density at radius 3 is 2.54 bits per heavy atom. The zero-order valence-corrected chi connectivity index (χ0v) is 15.6. The van der Waals surface area contributed by atoms with Crippen molar-refractivity contribution in [1.82, 2.24) is 20.1 Å². The molecule has 0 fully saturated rings. The molecule has 0 saturated carbocycles. The summed E-state index contributed by atoms with van der Waals surface area (Å²) < 4.78 is 0. The second-order valence-corrected chi connectivity index (χ2v) is 7.25. The monoisotopic (exact) mass is 346 g/mol. The SMILES string of the molecule is Cc1ncsc1CN(Cc1ccccc1)C(=O)N[C@@H](C)CN(C)C. The quantitative estimate of drug-likeness (QED) is 0.838. The van der Waals surface area contributed by atoms with Crippen LogP contribution in [-0.4, -0.2) is 47.5 Å². The van der Waals surface area contributed by atoms with Gasteiger partial charge in [-0.05, 0) is 33.5 Å². The van der Waals surface area contributed by atoms with Crippen LogP contribution in [0.2, 0.25) is 0 Å². The van der Waals surface area contributed by atoms with Crippen molar-refractivity contribution in [2.24, 2.45) is 0 Å². The lowest BCUT2D eigenvalue weighted by Crippen LogP contribution is -2.46. The number of hydrogen-bond acceptors (Lipinski definition) is 4. The molecule has 2 rings (SSSR count). The topological polar surface area (TPSA) is 48.5 Å². The number of aromatic nitrogens is 1. The van der Waals surface area contributed by atoms with Gasteiger partial charge in [-0.15, -0.1) is 11.3 Å². The zero-order valence-electron chi connectivity index (χ0n) is 14.8. The van der Waals surface area contributed by atoms with Crippen LogP contribution in [0.5, 0.6) is 0 Å². The van der Waals surface area contributed by atoms with E-state index in [2.05, 4.69) is 15.2 Å². The highest BCUT2D eigenvalue weighted by atomic mass is 32.1. The van der Waals surface area contributed by atoms with Crippen molar-refractivity contribution in [3.8, 4) is 0 Å². The van der Waals surface area contributed by atoms with Crippen LogP contribution >= 0.6 is 11.3 Å². The molecule has 6 heteroatoms. The molecule has 1 aromatic heterocycles. The predicted molar refractivity (Wildman–Crippen MR) is 99.1 cm³/mol. The van der Waals surface area contributed by atoms with Crippen molar-refractivity contribution in [2.75, 3.05) is 20.6 Å². The largest absolute Gasteiger partial charge is 0.334 e. The third-order valence-corrected chi connectivity index (χ3v) is 4.61. The van der Waals surface area contributed by atoms with Crippen LogP contribution in [0.15, 0.2) is 35.8 Å². The maximum absolute atomic E-state index is 12.8. The van der Waals surface area contributed by atoms with E-state index in [0.29, 0.717) is 13.1 Å². The van der Waals surface area contributed by atoms with Crippen molar-refractivity contribution in [3.05, 3.63) is 52.0 Å². The third kappa shape index (κ3) is 5.62. The number of likely N-dealkylation sites (N-methyl/N-ethyl adjacent to an activating group) is 1. The Morgan fingerprint density at radius 2 is 1.96 bits per heavy atom. The van der Waals surface area contributed by atoms with Gasteiger partial charge in [0.2, 0.25) is 0 Å². The predicted octanol–water partition coefficient (Wildman–Crippen LogP) is 3.11. The fraction of sp³-hybridized carbons (Fsp3) is 0.444. The van der Waals surface area contributed by atoms with Crippen LogP contribution in [0.25, 0.3) is 0 Å². The molecule has 1 aromatic carbocycles. The summed E-state index contributed by atoms with van der Waals surface area (Å²) in [5.74, 6) is 0. The molecule has 1 N–H and O–H groups in total. The lowest BCUT2D eigenvalue weighted by atomic mass is 10.2. The first kappa shape index (κ1) is 18.4. The standard InChI is InChI=1S/C18H26N4OS/c1-14(10-21(3)4)20-18(23)22(11-16-8-6-5-7-9-16)12-17-15(2)19-13-24-17/h5-9,13-14H,10-12H2,1-4H3,(H,20,23)/t14-/m0/s1. The molecule has 0 saturated heterocycles. The average Bonchev–Trinajstić information content (AvgIpc) is 2.92. The van der Waals surface area contributed by atoms with Gasteiger partial charge in [0, 0.05) is 24.0 Å². The minimum Gasteiger partial charge on any atom is -0.334 e. The van der Waals surface area contributed by atoms with Crippen molar-refractivity contribution in [1.29, 1.82) is 0 Å². The van der Waals surface area contributed by atoms with Gasteiger partial charge in [-0.2, -0.15) is 0 Å². The number of rotatable bonds is 7. The second kappa shape index (κ2) is 8.80. The summed E-state index contributed by atoms with van der Waals surface area (Å²) >= 11 is 1.59. The minimum atomic E-state index is -0.0407. The second-order valence-electron chi connectivity index (χ2n) is 6.32. The maximum atomic E-state index is 12.8. The molecule has 0 bridgehead atoms. The fourth-order valence-electron chi connectivity index (χ4n) is 2.55. The van der Waals surface area contributed by atoms with Crippen LogP contribution in [0.1, 0.15) is 23.1 Å². The van der Waals surface area contributed by atoms with Crippen LogP contribution in [0, 0.1) is 6.92 Å². The van der Waals surface area contributed by atoms with Gasteiger partial charge in [0.25, 0.3) is 0 Å². The Morgan fingerprint density at radius 1 is 1.25 bits per heavy atom. The van der Waals surface area contributed by atoms with Gasteiger partial charge < -0.3 is 15.1 Å². The van der Waals surface area contributed by atoms with E-state index in [1.807, 2.05) is 68.7 Å². The Kier molecular flexibility index (Phi) is 6.75. The Balaban J connectivity index is 2.09. The van der Waals surface area contributed by atoms with Gasteiger partial charge in [0.1, 0.15) is 0 Å². The summed E-state index contributed by atoms with van der Waals surface area (Å²) in [6, 6.07) is 10.1. The number of hydrogen-bond donors (Lipinski definition) is 1. The van der Waals surface area contributed by atoms with E-state index in [1.54, 1.807) is 11.3 Å². The maximum Gasteiger partial charge on any atom is 0.318 e. The van der Waals surface area contributed by atoms with Gasteiger partial charge >= 0.3 is 6.03 Å². The number of amides is 2. The van der Waals surface area contributed by atoms with Crippen molar-refractivity contribution in [2.45, 2.75) is 33.0 Å². The fourth-order valence-corrected chi connectivity index (χ4v) is 3.34. The normalized spacial score (nSPS) is 12.2. The molecule has 0 aliphatic carbocycles. The summed E-state index contributed by atoms with van der Waals surface area (Å²) in [4.78, 5) is 22.1. The lowest BCUT2D eigenvalue weighted by Gasteiger charge is -2.26. The molecule has 0 radical (unpaired) electrons. The molecule has 2 aromatic rings. The van der Waals surface area contributed by atoms with Gasteiger partial charge in [-0.1, -0.05) is 30.3 Å². The molecule has 0 aliphatic rings. The summed E-state index contributed by atoms with van der Waals surface area (Å²) in [6.45, 7) is 5.98. The first-order valence-corrected chi connectivity index (χ1v) is 8.96. The van der Waals surface area contributed by atoms with Crippen molar-refractivity contribution >= 4 is 17.4 Å². The summed E-state index contributed by atoms with van der Waals surface area (Å²) in [7, 11) is 4.01.